The van der Waals surface area contributed by atoms with Gasteiger partial charge in [0.15, 0.2) is 0 Å². The summed E-state index contributed by atoms with van der Waals surface area (Å²) < 4.78 is 5.43. The van der Waals surface area contributed by atoms with Crippen molar-refractivity contribution in [2.45, 2.75) is 44.9 Å². The van der Waals surface area contributed by atoms with Crippen molar-refractivity contribution in [1.29, 1.82) is 0 Å². The first-order valence-electron chi connectivity index (χ1n) is 7.36. The van der Waals surface area contributed by atoms with E-state index in [1.54, 1.807) is 0 Å². The van der Waals surface area contributed by atoms with Crippen molar-refractivity contribution < 1.29 is 9.53 Å². The Bertz CT molecular complexity index is 265. The van der Waals surface area contributed by atoms with Crippen molar-refractivity contribution in [3.8, 4) is 0 Å². The molecule has 4 nitrogen and oxygen atoms in total. The van der Waals surface area contributed by atoms with Gasteiger partial charge in [-0.15, -0.1) is 0 Å². The predicted molar refractivity (Wildman–Crippen MR) is 71.2 cm³/mol. The highest BCUT2D eigenvalue weighted by atomic mass is 16.5. The molecule has 0 spiro atoms. The lowest BCUT2D eigenvalue weighted by Crippen LogP contribution is -2.48. The Labute approximate surface area is 110 Å². The molecular formula is C14H26N2O2. The highest BCUT2D eigenvalue weighted by molar-refractivity contribution is 5.83. The van der Waals surface area contributed by atoms with Crippen LogP contribution in [0.5, 0.6) is 0 Å². The number of rotatable bonds is 2. The van der Waals surface area contributed by atoms with Crippen molar-refractivity contribution in [3.05, 3.63) is 0 Å². The SMILES string of the molecule is NCC1(C(=O)N2CCCOCC2)CCCCCC1. The maximum atomic E-state index is 12.8. The lowest BCUT2D eigenvalue weighted by molar-refractivity contribution is -0.142. The van der Waals surface area contributed by atoms with Crippen LogP contribution in [0.1, 0.15) is 44.9 Å². The van der Waals surface area contributed by atoms with Crippen molar-refractivity contribution in [2.75, 3.05) is 32.8 Å². The third kappa shape index (κ3) is 3.04. The smallest absolute Gasteiger partial charge is 0.230 e. The first-order valence-corrected chi connectivity index (χ1v) is 7.36. The monoisotopic (exact) mass is 254 g/mol. The lowest BCUT2D eigenvalue weighted by Gasteiger charge is -2.35. The molecule has 1 saturated heterocycles. The lowest BCUT2D eigenvalue weighted by atomic mass is 9.79. The van der Waals surface area contributed by atoms with Gasteiger partial charge in [-0.3, -0.25) is 4.79 Å². The molecule has 0 bridgehead atoms. The zero-order valence-corrected chi connectivity index (χ0v) is 11.3. The van der Waals surface area contributed by atoms with Gasteiger partial charge in [0.05, 0.1) is 12.0 Å². The minimum absolute atomic E-state index is 0.277. The fourth-order valence-electron chi connectivity index (χ4n) is 3.20. The van der Waals surface area contributed by atoms with Crippen LogP contribution < -0.4 is 5.73 Å². The van der Waals surface area contributed by atoms with Gasteiger partial charge < -0.3 is 15.4 Å². The molecule has 0 unspecified atom stereocenters. The van der Waals surface area contributed by atoms with Gasteiger partial charge in [0, 0.05) is 26.2 Å². The minimum Gasteiger partial charge on any atom is -0.380 e. The molecular weight excluding hydrogens is 228 g/mol. The highest BCUT2D eigenvalue weighted by Gasteiger charge is 2.39. The second-order valence-electron chi connectivity index (χ2n) is 5.66. The maximum absolute atomic E-state index is 12.8. The minimum atomic E-state index is -0.277. The summed E-state index contributed by atoms with van der Waals surface area (Å²) in [5.41, 5.74) is 5.70. The van der Waals surface area contributed by atoms with Gasteiger partial charge >= 0.3 is 0 Å². The predicted octanol–water partition coefficient (Wildman–Crippen LogP) is 1.53. The number of nitrogens with zero attached hydrogens (tertiary/aromatic N) is 1. The molecule has 1 amide bonds. The van der Waals surface area contributed by atoms with Gasteiger partial charge in [0.2, 0.25) is 5.91 Å². The molecule has 0 radical (unpaired) electrons. The molecule has 18 heavy (non-hydrogen) atoms. The van der Waals surface area contributed by atoms with Crippen LogP contribution in [0.25, 0.3) is 0 Å². The van der Waals surface area contributed by atoms with E-state index in [0.717, 1.165) is 51.8 Å². The Morgan fingerprint density at radius 1 is 1.06 bits per heavy atom. The van der Waals surface area contributed by atoms with Crippen LogP contribution in [-0.4, -0.2) is 43.7 Å². The Morgan fingerprint density at radius 3 is 2.44 bits per heavy atom. The summed E-state index contributed by atoms with van der Waals surface area (Å²) in [7, 11) is 0. The van der Waals surface area contributed by atoms with Gasteiger partial charge in [-0.05, 0) is 19.3 Å². The molecule has 2 N–H and O–H groups in total. The van der Waals surface area contributed by atoms with Gasteiger partial charge in [-0.2, -0.15) is 0 Å². The van der Waals surface area contributed by atoms with Crippen LogP contribution in [-0.2, 0) is 9.53 Å². The largest absolute Gasteiger partial charge is 0.380 e. The van der Waals surface area contributed by atoms with E-state index in [4.69, 9.17) is 10.5 Å². The summed E-state index contributed by atoms with van der Waals surface area (Å²) in [4.78, 5) is 14.8. The standard InChI is InChI=1S/C14H26N2O2/c15-12-14(6-3-1-2-4-7-14)13(17)16-8-5-10-18-11-9-16/h1-12,15H2. The fraction of sp³-hybridized carbons (Fsp3) is 0.929. The maximum Gasteiger partial charge on any atom is 0.230 e. The molecule has 0 aromatic carbocycles. The Hall–Kier alpha value is -0.610. The number of ether oxygens (including phenoxy) is 1. The van der Waals surface area contributed by atoms with Crippen LogP contribution in [0.3, 0.4) is 0 Å². The fourth-order valence-corrected chi connectivity index (χ4v) is 3.20. The molecule has 2 rings (SSSR count). The van der Waals surface area contributed by atoms with E-state index < -0.39 is 0 Å². The van der Waals surface area contributed by atoms with Crippen molar-refractivity contribution >= 4 is 5.91 Å². The summed E-state index contributed by atoms with van der Waals surface area (Å²) in [6.07, 6.45) is 7.68. The normalized spacial score (nSPS) is 25.3. The third-order valence-electron chi connectivity index (χ3n) is 4.41. The second kappa shape index (κ2) is 6.53. The van der Waals surface area contributed by atoms with Crippen molar-refractivity contribution in [2.24, 2.45) is 11.1 Å². The molecule has 1 heterocycles. The zero-order valence-electron chi connectivity index (χ0n) is 11.3. The Morgan fingerprint density at radius 2 is 1.78 bits per heavy atom. The van der Waals surface area contributed by atoms with Crippen LogP contribution in [0.15, 0.2) is 0 Å². The van der Waals surface area contributed by atoms with E-state index in [1.807, 2.05) is 4.90 Å². The van der Waals surface area contributed by atoms with E-state index in [-0.39, 0.29) is 11.3 Å². The van der Waals surface area contributed by atoms with E-state index in [9.17, 15) is 4.79 Å². The molecule has 104 valence electrons. The highest BCUT2D eigenvalue weighted by Crippen LogP contribution is 2.36. The van der Waals surface area contributed by atoms with E-state index in [2.05, 4.69) is 0 Å². The molecule has 2 aliphatic rings. The molecule has 0 aromatic rings. The average Bonchev–Trinajstić information content (AvgIpc) is 2.81. The number of amides is 1. The van der Waals surface area contributed by atoms with E-state index >= 15 is 0 Å². The van der Waals surface area contributed by atoms with Crippen LogP contribution in [0.4, 0.5) is 0 Å². The van der Waals surface area contributed by atoms with Crippen LogP contribution in [0.2, 0.25) is 0 Å². The number of hydrogen-bond donors (Lipinski definition) is 1. The van der Waals surface area contributed by atoms with Gasteiger partial charge in [0.1, 0.15) is 0 Å². The van der Waals surface area contributed by atoms with Gasteiger partial charge in [-0.25, -0.2) is 0 Å². The molecule has 1 aliphatic carbocycles. The molecule has 0 atom stereocenters. The average molecular weight is 254 g/mol. The van der Waals surface area contributed by atoms with Gasteiger partial charge in [0.25, 0.3) is 0 Å². The molecule has 1 saturated carbocycles. The summed E-state index contributed by atoms with van der Waals surface area (Å²) in [6.45, 7) is 3.52. The number of hydrogen-bond acceptors (Lipinski definition) is 3. The van der Waals surface area contributed by atoms with Crippen LogP contribution in [0, 0.1) is 5.41 Å². The number of nitrogens with two attached hydrogens (primary N) is 1. The molecule has 0 aromatic heterocycles. The summed E-state index contributed by atoms with van der Waals surface area (Å²) in [6, 6.07) is 0. The number of carbonyl (C=O) groups is 1. The topological polar surface area (TPSA) is 55.6 Å². The Balaban J connectivity index is 2.06. The van der Waals surface area contributed by atoms with E-state index in [1.165, 1.54) is 12.8 Å². The molecule has 1 aliphatic heterocycles. The number of carbonyl (C=O) groups excluding carboxylic acids is 1. The van der Waals surface area contributed by atoms with Gasteiger partial charge in [-0.1, -0.05) is 25.7 Å². The molecule has 2 fully saturated rings. The van der Waals surface area contributed by atoms with Crippen LogP contribution >= 0.6 is 0 Å². The first-order chi connectivity index (χ1) is 8.78. The summed E-state index contributed by atoms with van der Waals surface area (Å²) in [5.74, 6) is 0.289. The third-order valence-corrected chi connectivity index (χ3v) is 4.41. The van der Waals surface area contributed by atoms with Crippen molar-refractivity contribution in [1.82, 2.24) is 4.90 Å². The summed E-state index contributed by atoms with van der Waals surface area (Å²) >= 11 is 0. The quantitative estimate of drug-likeness (QED) is 0.760. The first kappa shape index (κ1) is 13.8. The molecule has 4 heteroatoms. The van der Waals surface area contributed by atoms with Crippen molar-refractivity contribution in [3.63, 3.8) is 0 Å². The second-order valence-corrected chi connectivity index (χ2v) is 5.66. The Kier molecular flexibility index (Phi) is 5.01. The van der Waals surface area contributed by atoms with E-state index in [0.29, 0.717) is 13.2 Å². The zero-order chi connectivity index (χ0) is 12.8. The summed E-state index contributed by atoms with van der Waals surface area (Å²) in [5, 5.41) is 0.